The number of nitrogens with one attached hydrogen (secondary N) is 2. The number of aliphatic imine (C=N–C) groups is 1. The number of phenolic OH excluding ortho intramolecular Hbond substituents is 1. The third-order valence-electron chi connectivity index (χ3n) is 3.76. The predicted molar refractivity (Wildman–Crippen MR) is 95.4 cm³/mol. The fraction of sp³-hybridized carbons (Fsp3) is 0.176. The highest BCUT2D eigenvalue weighted by molar-refractivity contribution is 6.35. The lowest BCUT2D eigenvalue weighted by molar-refractivity contribution is 0.0974. The summed E-state index contributed by atoms with van der Waals surface area (Å²) >= 11 is 6.33. The molecular weight excluding hydrogens is 358 g/mol. The van der Waals surface area contributed by atoms with Gasteiger partial charge in [0, 0.05) is 23.9 Å². The molecule has 0 atom stereocenters. The van der Waals surface area contributed by atoms with Crippen molar-refractivity contribution in [3.05, 3.63) is 40.5 Å². The number of amides is 1. The lowest BCUT2D eigenvalue weighted by Crippen LogP contribution is -2.38. The van der Waals surface area contributed by atoms with Crippen molar-refractivity contribution in [2.75, 3.05) is 20.2 Å². The number of hydrogen-bond donors (Lipinski definition) is 3. The zero-order valence-corrected chi connectivity index (χ0v) is 14.5. The van der Waals surface area contributed by atoms with Gasteiger partial charge in [0.2, 0.25) is 5.88 Å². The van der Waals surface area contributed by atoms with Crippen molar-refractivity contribution >= 4 is 23.5 Å². The van der Waals surface area contributed by atoms with Gasteiger partial charge in [-0.3, -0.25) is 15.1 Å². The standard InChI is InChI=1S/C17H14ClN5O3/c1-26-16-14(18)10(4-5-20-16)12-9(8-19)2-3-11(24)13(12)15(25)23-17-21-6-7-22-17/h2-5,24H,6-7H2,1H3,(H2,21,22,23,25). The Labute approximate surface area is 154 Å². The topological polar surface area (TPSA) is 120 Å². The Morgan fingerprint density at radius 1 is 1.46 bits per heavy atom. The molecule has 2 aromatic rings. The van der Waals surface area contributed by atoms with Gasteiger partial charge in [0.1, 0.15) is 10.8 Å². The summed E-state index contributed by atoms with van der Waals surface area (Å²) in [5, 5.41) is 25.4. The number of methoxy groups -OCH3 is 1. The molecule has 9 heteroatoms. The zero-order chi connectivity index (χ0) is 18.7. The van der Waals surface area contributed by atoms with Crippen molar-refractivity contribution in [1.29, 1.82) is 5.26 Å². The fourth-order valence-corrected chi connectivity index (χ4v) is 2.89. The van der Waals surface area contributed by atoms with Crippen LogP contribution in [0.15, 0.2) is 29.4 Å². The highest BCUT2D eigenvalue weighted by atomic mass is 35.5. The summed E-state index contributed by atoms with van der Waals surface area (Å²) in [7, 11) is 1.41. The van der Waals surface area contributed by atoms with E-state index in [0.717, 1.165) is 0 Å². The number of carbonyl (C=O) groups excluding carboxylic acids is 1. The Kier molecular flexibility index (Phi) is 4.91. The summed E-state index contributed by atoms with van der Waals surface area (Å²) < 4.78 is 5.10. The molecule has 1 aliphatic heterocycles. The zero-order valence-electron chi connectivity index (χ0n) is 13.7. The number of benzene rings is 1. The van der Waals surface area contributed by atoms with Gasteiger partial charge in [-0.15, -0.1) is 0 Å². The molecular formula is C17H14ClN5O3. The lowest BCUT2D eigenvalue weighted by atomic mass is 9.94. The highest BCUT2D eigenvalue weighted by Crippen LogP contribution is 2.39. The summed E-state index contributed by atoms with van der Waals surface area (Å²) in [4.78, 5) is 20.8. The van der Waals surface area contributed by atoms with Crippen molar-refractivity contribution < 1.29 is 14.6 Å². The largest absolute Gasteiger partial charge is 0.507 e. The van der Waals surface area contributed by atoms with E-state index < -0.39 is 5.91 Å². The van der Waals surface area contributed by atoms with E-state index in [-0.39, 0.29) is 33.3 Å². The number of rotatable bonds is 3. The van der Waals surface area contributed by atoms with Crippen LogP contribution in [0.25, 0.3) is 11.1 Å². The van der Waals surface area contributed by atoms with Gasteiger partial charge >= 0.3 is 0 Å². The number of guanidine groups is 1. The number of nitrogens with zero attached hydrogens (tertiary/aromatic N) is 3. The SMILES string of the molecule is COc1nccc(-c2c(C#N)ccc(O)c2C(=O)NC2=NCCN2)c1Cl. The number of carbonyl (C=O) groups is 1. The normalized spacial score (nSPS) is 12.7. The predicted octanol–water partition coefficient (Wildman–Crippen LogP) is 1.68. The molecule has 1 aromatic heterocycles. The second kappa shape index (κ2) is 7.29. The van der Waals surface area contributed by atoms with E-state index in [0.29, 0.717) is 24.6 Å². The maximum atomic E-state index is 12.8. The number of aromatic nitrogens is 1. The number of aromatic hydroxyl groups is 1. The van der Waals surface area contributed by atoms with Gasteiger partial charge < -0.3 is 15.2 Å². The monoisotopic (exact) mass is 371 g/mol. The molecule has 0 saturated heterocycles. The maximum Gasteiger partial charge on any atom is 0.262 e. The lowest BCUT2D eigenvalue weighted by Gasteiger charge is -2.15. The summed E-state index contributed by atoms with van der Waals surface area (Å²) in [6.07, 6.45) is 1.44. The van der Waals surface area contributed by atoms with E-state index >= 15 is 0 Å². The molecule has 0 saturated carbocycles. The molecule has 0 bridgehead atoms. The van der Waals surface area contributed by atoms with E-state index in [1.807, 2.05) is 6.07 Å². The average molecular weight is 372 g/mol. The Balaban J connectivity index is 2.19. The van der Waals surface area contributed by atoms with Crippen LogP contribution >= 0.6 is 11.6 Å². The van der Waals surface area contributed by atoms with Crippen LogP contribution in [0.2, 0.25) is 5.02 Å². The summed E-state index contributed by atoms with van der Waals surface area (Å²) in [5.41, 5.74) is 0.617. The van der Waals surface area contributed by atoms with Gasteiger partial charge in [-0.05, 0) is 18.2 Å². The minimum absolute atomic E-state index is 0.0874. The molecule has 0 spiro atoms. The fourth-order valence-electron chi connectivity index (χ4n) is 2.61. The van der Waals surface area contributed by atoms with E-state index in [1.54, 1.807) is 6.07 Å². The Morgan fingerprint density at radius 2 is 2.27 bits per heavy atom. The third-order valence-corrected chi connectivity index (χ3v) is 4.12. The van der Waals surface area contributed by atoms with E-state index in [1.165, 1.54) is 25.4 Å². The summed E-state index contributed by atoms with van der Waals surface area (Å²) in [5.74, 6) is -0.456. The molecule has 1 aliphatic rings. The van der Waals surface area contributed by atoms with Crippen LogP contribution in [0.3, 0.4) is 0 Å². The molecule has 2 heterocycles. The molecule has 0 fully saturated rings. The number of halogens is 1. The van der Waals surface area contributed by atoms with Crippen LogP contribution in [-0.2, 0) is 0 Å². The van der Waals surface area contributed by atoms with Crippen LogP contribution in [0.4, 0.5) is 0 Å². The number of phenols is 1. The number of pyridine rings is 1. The average Bonchev–Trinajstić information content (AvgIpc) is 3.14. The Morgan fingerprint density at radius 3 is 2.92 bits per heavy atom. The maximum absolute atomic E-state index is 12.8. The van der Waals surface area contributed by atoms with Crippen LogP contribution < -0.4 is 15.4 Å². The van der Waals surface area contributed by atoms with Crippen LogP contribution in [0.1, 0.15) is 15.9 Å². The molecule has 8 nitrogen and oxygen atoms in total. The summed E-state index contributed by atoms with van der Waals surface area (Å²) in [6.45, 7) is 1.15. The highest BCUT2D eigenvalue weighted by Gasteiger charge is 2.25. The number of ether oxygens (including phenoxy) is 1. The van der Waals surface area contributed by atoms with Crippen molar-refractivity contribution in [3.8, 4) is 28.8 Å². The smallest absolute Gasteiger partial charge is 0.262 e. The van der Waals surface area contributed by atoms with E-state index in [2.05, 4.69) is 20.6 Å². The van der Waals surface area contributed by atoms with Gasteiger partial charge in [-0.25, -0.2) is 4.98 Å². The molecule has 1 amide bonds. The molecule has 3 N–H and O–H groups in total. The van der Waals surface area contributed by atoms with Crippen molar-refractivity contribution in [3.63, 3.8) is 0 Å². The molecule has 3 rings (SSSR count). The number of nitriles is 1. The first-order valence-electron chi connectivity index (χ1n) is 7.61. The second-order valence-electron chi connectivity index (χ2n) is 5.29. The third kappa shape index (κ3) is 3.12. The quantitative estimate of drug-likeness (QED) is 0.755. The summed E-state index contributed by atoms with van der Waals surface area (Å²) in [6, 6.07) is 6.26. The Hall–Kier alpha value is -3.31. The first-order valence-corrected chi connectivity index (χ1v) is 7.99. The second-order valence-corrected chi connectivity index (χ2v) is 5.67. The minimum atomic E-state index is -0.616. The minimum Gasteiger partial charge on any atom is -0.507 e. The van der Waals surface area contributed by atoms with Gasteiger partial charge in [0.15, 0.2) is 5.96 Å². The molecule has 26 heavy (non-hydrogen) atoms. The molecule has 0 radical (unpaired) electrons. The van der Waals surface area contributed by atoms with Gasteiger partial charge in [-0.1, -0.05) is 11.6 Å². The van der Waals surface area contributed by atoms with Crippen molar-refractivity contribution in [1.82, 2.24) is 15.6 Å². The van der Waals surface area contributed by atoms with E-state index in [4.69, 9.17) is 16.3 Å². The molecule has 132 valence electrons. The molecule has 0 aliphatic carbocycles. The first-order chi connectivity index (χ1) is 12.6. The molecule has 1 aromatic carbocycles. The van der Waals surface area contributed by atoms with Crippen LogP contribution in [0.5, 0.6) is 11.6 Å². The Bertz CT molecular complexity index is 952. The molecule has 0 unspecified atom stereocenters. The van der Waals surface area contributed by atoms with Crippen molar-refractivity contribution in [2.45, 2.75) is 0 Å². The van der Waals surface area contributed by atoms with Crippen LogP contribution in [-0.4, -0.2) is 42.2 Å². The van der Waals surface area contributed by atoms with Crippen molar-refractivity contribution in [2.24, 2.45) is 4.99 Å². The van der Waals surface area contributed by atoms with Crippen LogP contribution in [0, 0.1) is 11.3 Å². The van der Waals surface area contributed by atoms with E-state index in [9.17, 15) is 15.2 Å². The number of hydrogen-bond acceptors (Lipinski definition) is 7. The van der Waals surface area contributed by atoms with Gasteiger partial charge in [0.05, 0.1) is 30.9 Å². The van der Waals surface area contributed by atoms with Gasteiger partial charge in [-0.2, -0.15) is 5.26 Å². The first kappa shape index (κ1) is 17.5. The van der Waals surface area contributed by atoms with Gasteiger partial charge in [0.25, 0.3) is 5.91 Å².